The van der Waals surface area contributed by atoms with Crippen LogP contribution in [0.25, 0.3) is 0 Å². The molecule has 1 aliphatic heterocycles. The molecule has 0 bridgehead atoms. The molecule has 2 heterocycles. The number of amidine groups is 1. The maximum Gasteiger partial charge on any atom is 0.160 e. The van der Waals surface area contributed by atoms with Crippen LogP contribution in [0, 0.1) is 5.41 Å². The smallest absolute Gasteiger partial charge is 0.160 e. The Morgan fingerprint density at radius 3 is 2.59 bits per heavy atom. The molecule has 0 radical (unpaired) electrons. The normalized spacial score (nSPS) is 14.9. The Morgan fingerprint density at radius 2 is 1.93 bits per heavy atom. The lowest BCUT2D eigenvalue weighted by Gasteiger charge is -2.21. The predicted molar refractivity (Wildman–Crippen MR) is 120 cm³/mol. The summed E-state index contributed by atoms with van der Waals surface area (Å²) in [6.45, 7) is 1.62. The van der Waals surface area contributed by atoms with Gasteiger partial charge in [0.2, 0.25) is 0 Å². The maximum atomic E-state index is 8.01. The van der Waals surface area contributed by atoms with Crippen LogP contribution in [-0.4, -0.2) is 33.1 Å². The standard InChI is InChI=1S/C22H23ClN4OS/c23-18-4-1-17(2-5-18)3-8-21(15-26-12-11-25-16-26)28-20-9-6-19(7-10-20)27-13-14-29-22(27)24/h1-2,4-7,9-12,16,21,24H,3,8,13-15H2. The first-order valence-electron chi connectivity index (χ1n) is 9.63. The van der Waals surface area contributed by atoms with Gasteiger partial charge in [0.05, 0.1) is 12.9 Å². The van der Waals surface area contributed by atoms with E-state index in [4.69, 9.17) is 21.7 Å². The molecule has 4 rings (SSSR count). The van der Waals surface area contributed by atoms with E-state index in [2.05, 4.69) is 17.1 Å². The summed E-state index contributed by atoms with van der Waals surface area (Å²) < 4.78 is 8.37. The lowest BCUT2D eigenvalue weighted by molar-refractivity contribution is 0.170. The second-order valence-electron chi connectivity index (χ2n) is 6.96. The van der Waals surface area contributed by atoms with E-state index in [1.165, 1.54) is 5.56 Å². The number of thioether (sulfide) groups is 1. The largest absolute Gasteiger partial charge is 0.489 e. The lowest BCUT2D eigenvalue weighted by Crippen LogP contribution is -2.24. The van der Waals surface area contributed by atoms with Gasteiger partial charge in [0, 0.05) is 35.4 Å². The van der Waals surface area contributed by atoms with E-state index in [1.807, 2.05) is 58.4 Å². The van der Waals surface area contributed by atoms with E-state index < -0.39 is 0 Å². The highest BCUT2D eigenvalue weighted by molar-refractivity contribution is 8.14. The van der Waals surface area contributed by atoms with E-state index >= 15 is 0 Å². The molecule has 0 amide bonds. The maximum absolute atomic E-state index is 8.01. The minimum absolute atomic E-state index is 0.0198. The van der Waals surface area contributed by atoms with Gasteiger partial charge in [0.1, 0.15) is 11.9 Å². The van der Waals surface area contributed by atoms with Gasteiger partial charge in [0.25, 0.3) is 0 Å². The average Bonchev–Trinajstić information content (AvgIpc) is 3.40. The topological polar surface area (TPSA) is 54.1 Å². The van der Waals surface area contributed by atoms with Crippen molar-refractivity contribution in [1.29, 1.82) is 5.41 Å². The number of aryl methyl sites for hydroxylation is 1. The van der Waals surface area contributed by atoms with Crippen molar-refractivity contribution in [3.05, 3.63) is 77.8 Å². The number of aromatic nitrogens is 2. The number of hydrogen-bond donors (Lipinski definition) is 1. The number of anilines is 1. The summed E-state index contributed by atoms with van der Waals surface area (Å²) in [6.07, 6.45) is 7.38. The van der Waals surface area contributed by atoms with Crippen molar-refractivity contribution in [1.82, 2.24) is 9.55 Å². The summed E-state index contributed by atoms with van der Waals surface area (Å²) in [4.78, 5) is 6.16. The molecule has 29 heavy (non-hydrogen) atoms. The van der Waals surface area contributed by atoms with Crippen molar-refractivity contribution in [3.63, 3.8) is 0 Å². The molecule has 1 unspecified atom stereocenters. The van der Waals surface area contributed by atoms with Gasteiger partial charge in [0.15, 0.2) is 5.17 Å². The highest BCUT2D eigenvalue weighted by atomic mass is 35.5. The Kier molecular flexibility index (Phi) is 6.42. The Hall–Kier alpha value is -2.44. The summed E-state index contributed by atoms with van der Waals surface area (Å²) in [5, 5.41) is 9.38. The first-order chi connectivity index (χ1) is 14.2. The fourth-order valence-corrected chi connectivity index (χ4v) is 4.30. The fourth-order valence-electron chi connectivity index (χ4n) is 3.35. The second kappa shape index (κ2) is 9.37. The average molecular weight is 427 g/mol. The highest BCUT2D eigenvalue weighted by Gasteiger charge is 2.19. The van der Waals surface area contributed by atoms with Gasteiger partial charge in [-0.05, 0) is 54.8 Å². The molecule has 1 fully saturated rings. The van der Waals surface area contributed by atoms with Gasteiger partial charge < -0.3 is 14.2 Å². The van der Waals surface area contributed by atoms with Crippen LogP contribution < -0.4 is 9.64 Å². The van der Waals surface area contributed by atoms with E-state index in [0.29, 0.717) is 5.17 Å². The number of rotatable bonds is 8. The van der Waals surface area contributed by atoms with Gasteiger partial charge >= 0.3 is 0 Å². The third-order valence-electron chi connectivity index (χ3n) is 4.89. The zero-order valence-electron chi connectivity index (χ0n) is 16.0. The molecule has 1 atom stereocenters. The molecule has 7 heteroatoms. The van der Waals surface area contributed by atoms with Crippen LogP contribution in [0.4, 0.5) is 5.69 Å². The van der Waals surface area contributed by atoms with E-state index in [0.717, 1.165) is 48.1 Å². The van der Waals surface area contributed by atoms with Crippen molar-refractivity contribution in [2.75, 3.05) is 17.2 Å². The van der Waals surface area contributed by atoms with Crippen LogP contribution in [-0.2, 0) is 13.0 Å². The van der Waals surface area contributed by atoms with Gasteiger partial charge in [-0.3, -0.25) is 5.41 Å². The van der Waals surface area contributed by atoms with Crippen LogP contribution in [0.3, 0.4) is 0 Å². The third-order valence-corrected chi connectivity index (χ3v) is 6.02. The van der Waals surface area contributed by atoms with Crippen LogP contribution in [0.2, 0.25) is 5.02 Å². The van der Waals surface area contributed by atoms with Crippen LogP contribution >= 0.6 is 23.4 Å². The Balaban J connectivity index is 1.42. The molecule has 0 saturated carbocycles. The number of imidazole rings is 1. The quantitative estimate of drug-likeness (QED) is 0.544. The number of benzene rings is 2. The van der Waals surface area contributed by atoms with Gasteiger partial charge in [-0.1, -0.05) is 35.5 Å². The second-order valence-corrected chi connectivity index (χ2v) is 8.48. The van der Waals surface area contributed by atoms with Gasteiger partial charge in [-0.2, -0.15) is 0 Å². The molecule has 0 spiro atoms. The minimum atomic E-state index is 0.0198. The third kappa shape index (κ3) is 5.34. The number of halogens is 1. The molecule has 1 saturated heterocycles. The highest BCUT2D eigenvalue weighted by Crippen LogP contribution is 2.27. The monoisotopic (exact) mass is 426 g/mol. The zero-order chi connectivity index (χ0) is 20.1. The SMILES string of the molecule is N=C1SCCN1c1ccc(OC(CCc2ccc(Cl)cc2)Cn2ccnc2)cc1. The molecule has 3 aromatic rings. The molecule has 1 aliphatic rings. The molecule has 150 valence electrons. The molecular formula is C22H23ClN4OS. The van der Waals surface area contributed by atoms with E-state index in [-0.39, 0.29) is 6.10 Å². The molecule has 2 aromatic carbocycles. The Labute approximate surface area is 180 Å². The number of nitrogens with one attached hydrogen (secondary N) is 1. The van der Waals surface area contributed by atoms with Crippen LogP contribution in [0.15, 0.2) is 67.3 Å². The lowest BCUT2D eigenvalue weighted by atomic mass is 10.1. The van der Waals surface area contributed by atoms with Crippen LogP contribution in [0.5, 0.6) is 5.75 Å². The van der Waals surface area contributed by atoms with Crippen molar-refractivity contribution in [3.8, 4) is 5.75 Å². The van der Waals surface area contributed by atoms with E-state index in [9.17, 15) is 0 Å². The number of hydrogen-bond acceptors (Lipinski definition) is 4. The molecule has 1 N–H and O–H groups in total. The number of ether oxygens (including phenoxy) is 1. The summed E-state index contributed by atoms with van der Waals surface area (Å²) in [5.41, 5.74) is 2.29. The van der Waals surface area contributed by atoms with Crippen molar-refractivity contribution >= 4 is 34.2 Å². The summed E-state index contributed by atoms with van der Waals surface area (Å²) in [6, 6.07) is 16.0. The fraction of sp³-hybridized carbons (Fsp3) is 0.273. The molecular weight excluding hydrogens is 404 g/mol. The summed E-state index contributed by atoms with van der Waals surface area (Å²) >= 11 is 7.58. The first-order valence-corrected chi connectivity index (χ1v) is 11.0. The molecule has 5 nitrogen and oxygen atoms in total. The van der Waals surface area contributed by atoms with Gasteiger partial charge in [-0.15, -0.1) is 0 Å². The molecule has 0 aliphatic carbocycles. The first kappa shape index (κ1) is 19.9. The van der Waals surface area contributed by atoms with E-state index in [1.54, 1.807) is 18.0 Å². The predicted octanol–water partition coefficient (Wildman–Crippen LogP) is 5.10. The Bertz CT molecular complexity index is 928. The summed E-state index contributed by atoms with van der Waals surface area (Å²) in [7, 11) is 0. The van der Waals surface area contributed by atoms with Crippen molar-refractivity contribution in [2.24, 2.45) is 0 Å². The zero-order valence-corrected chi connectivity index (χ0v) is 17.6. The van der Waals surface area contributed by atoms with Gasteiger partial charge in [-0.25, -0.2) is 4.98 Å². The van der Waals surface area contributed by atoms with Crippen LogP contribution in [0.1, 0.15) is 12.0 Å². The Morgan fingerprint density at radius 1 is 1.14 bits per heavy atom. The van der Waals surface area contributed by atoms with Crippen molar-refractivity contribution < 1.29 is 4.74 Å². The van der Waals surface area contributed by atoms with Crippen molar-refractivity contribution in [2.45, 2.75) is 25.5 Å². The molecule has 1 aromatic heterocycles. The number of nitrogens with zero attached hydrogens (tertiary/aromatic N) is 3. The minimum Gasteiger partial charge on any atom is -0.489 e. The summed E-state index contributed by atoms with van der Waals surface area (Å²) in [5.74, 6) is 1.81.